The van der Waals surface area contributed by atoms with Gasteiger partial charge in [-0.2, -0.15) is 4.31 Å². The molecule has 0 atom stereocenters. The maximum atomic E-state index is 13.6. The lowest BCUT2D eigenvalue weighted by molar-refractivity contribution is 0.467. The molecule has 0 aromatic heterocycles. The van der Waals surface area contributed by atoms with E-state index in [1.54, 1.807) is 0 Å². The summed E-state index contributed by atoms with van der Waals surface area (Å²) in [5, 5.41) is 0. The van der Waals surface area contributed by atoms with Crippen LogP contribution < -0.4 is 5.73 Å². The number of benzene rings is 1. The van der Waals surface area contributed by atoms with Gasteiger partial charge in [0.05, 0.1) is 5.69 Å². The summed E-state index contributed by atoms with van der Waals surface area (Å²) >= 11 is 0. The second-order valence-electron chi connectivity index (χ2n) is 3.56. The summed E-state index contributed by atoms with van der Waals surface area (Å²) in [6, 6.07) is 3.76. The third kappa shape index (κ3) is 2.77. The Bertz CT molecular complexity index is 525. The fourth-order valence-corrected chi connectivity index (χ4v) is 3.03. The minimum atomic E-state index is -4.00. The van der Waals surface area contributed by atoms with Crippen molar-refractivity contribution in [3.63, 3.8) is 0 Å². The lowest BCUT2D eigenvalue weighted by Gasteiger charge is -2.20. The standard InChI is InChI=1S/C12H15FN2O2S/c1-3-8-15(9-4-2)18(16,17)12-10(13)6-5-7-11(12)14/h3-7H,1-2,8-9,14H2. The van der Waals surface area contributed by atoms with E-state index in [-0.39, 0.29) is 18.8 Å². The van der Waals surface area contributed by atoms with Gasteiger partial charge < -0.3 is 5.73 Å². The lowest BCUT2D eigenvalue weighted by atomic mass is 10.3. The van der Waals surface area contributed by atoms with Crippen molar-refractivity contribution >= 4 is 15.7 Å². The molecule has 0 saturated heterocycles. The van der Waals surface area contributed by atoms with Crippen molar-refractivity contribution in [2.24, 2.45) is 0 Å². The minimum absolute atomic E-state index is 0.0577. The monoisotopic (exact) mass is 270 g/mol. The highest BCUT2D eigenvalue weighted by Gasteiger charge is 2.28. The number of hydrogen-bond donors (Lipinski definition) is 1. The highest BCUT2D eigenvalue weighted by molar-refractivity contribution is 7.89. The molecule has 0 heterocycles. The third-order valence-electron chi connectivity index (χ3n) is 2.26. The molecule has 2 N–H and O–H groups in total. The minimum Gasteiger partial charge on any atom is -0.398 e. The van der Waals surface area contributed by atoms with Crippen LogP contribution in [0.3, 0.4) is 0 Å². The summed E-state index contributed by atoms with van der Waals surface area (Å²) in [5.74, 6) is -0.867. The van der Waals surface area contributed by atoms with Crippen molar-refractivity contribution < 1.29 is 12.8 Å². The fraction of sp³-hybridized carbons (Fsp3) is 0.167. The first kappa shape index (κ1) is 14.4. The van der Waals surface area contributed by atoms with Gasteiger partial charge in [-0.1, -0.05) is 18.2 Å². The molecule has 6 heteroatoms. The zero-order chi connectivity index (χ0) is 13.8. The average Bonchev–Trinajstić information content (AvgIpc) is 2.28. The first-order valence-corrected chi connectivity index (χ1v) is 6.65. The van der Waals surface area contributed by atoms with E-state index in [2.05, 4.69) is 13.2 Å². The van der Waals surface area contributed by atoms with Crippen LogP contribution in [0.15, 0.2) is 48.4 Å². The molecule has 0 bridgehead atoms. The summed E-state index contributed by atoms with van der Waals surface area (Å²) < 4.78 is 39.2. The summed E-state index contributed by atoms with van der Waals surface area (Å²) in [6.45, 7) is 7.05. The predicted molar refractivity (Wildman–Crippen MR) is 70.0 cm³/mol. The number of nitrogens with two attached hydrogens (primary N) is 1. The summed E-state index contributed by atoms with van der Waals surface area (Å²) in [5.41, 5.74) is 5.42. The van der Waals surface area contributed by atoms with Crippen molar-refractivity contribution in [1.29, 1.82) is 0 Å². The van der Waals surface area contributed by atoms with E-state index in [0.717, 1.165) is 10.4 Å². The lowest BCUT2D eigenvalue weighted by Crippen LogP contribution is -2.32. The first-order chi connectivity index (χ1) is 8.45. The summed E-state index contributed by atoms with van der Waals surface area (Å²) in [4.78, 5) is -0.506. The van der Waals surface area contributed by atoms with Crippen LogP contribution in [-0.4, -0.2) is 25.8 Å². The Balaban J connectivity index is 3.34. The van der Waals surface area contributed by atoms with E-state index in [0.29, 0.717) is 0 Å². The molecule has 1 aromatic carbocycles. The summed E-state index contributed by atoms with van der Waals surface area (Å²) in [7, 11) is -4.00. The zero-order valence-corrected chi connectivity index (χ0v) is 10.7. The molecule has 0 aliphatic rings. The molecule has 0 aliphatic carbocycles. The molecule has 0 fully saturated rings. The van der Waals surface area contributed by atoms with Crippen LogP contribution in [0.4, 0.5) is 10.1 Å². The topological polar surface area (TPSA) is 63.4 Å². The second kappa shape index (κ2) is 5.79. The maximum absolute atomic E-state index is 13.6. The second-order valence-corrected chi connectivity index (χ2v) is 5.43. The predicted octanol–water partition coefficient (Wildman–Crippen LogP) is 1.77. The largest absolute Gasteiger partial charge is 0.398 e. The Morgan fingerprint density at radius 2 is 1.83 bits per heavy atom. The zero-order valence-electron chi connectivity index (χ0n) is 9.84. The first-order valence-electron chi connectivity index (χ1n) is 5.21. The SMILES string of the molecule is C=CCN(CC=C)S(=O)(=O)c1c(N)cccc1F. The van der Waals surface area contributed by atoms with Gasteiger partial charge in [0, 0.05) is 13.1 Å². The Kier molecular flexibility index (Phi) is 4.63. The van der Waals surface area contributed by atoms with Crippen LogP contribution in [0.2, 0.25) is 0 Å². The molecular formula is C12H15FN2O2S. The van der Waals surface area contributed by atoms with Crippen LogP contribution in [0.1, 0.15) is 0 Å². The van der Waals surface area contributed by atoms with Crippen LogP contribution >= 0.6 is 0 Å². The number of rotatable bonds is 6. The van der Waals surface area contributed by atoms with Gasteiger partial charge in [-0.3, -0.25) is 0 Å². The third-order valence-corrected chi connectivity index (χ3v) is 4.19. The Labute approximate surface area is 106 Å². The maximum Gasteiger partial charge on any atom is 0.248 e. The van der Waals surface area contributed by atoms with Gasteiger partial charge in [-0.15, -0.1) is 13.2 Å². The number of anilines is 1. The molecule has 4 nitrogen and oxygen atoms in total. The molecule has 0 aliphatic heterocycles. The normalized spacial score (nSPS) is 11.4. The highest BCUT2D eigenvalue weighted by atomic mass is 32.2. The van der Waals surface area contributed by atoms with E-state index < -0.39 is 20.7 Å². The number of nitrogen functional groups attached to an aromatic ring is 1. The number of sulfonamides is 1. The quantitative estimate of drug-likeness (QED) is 0.633. The molecule has 1 rings (SSSR count). The van der Waals surface area contributed by atoms with Gasteiger partial charge in [0.25, 0.3) is 0 Å². The number of nitrogens with zero attached hydrogens (tertiary/aromatic N) is 1. The van der Waals surface area contributed by atoms with Gasteiger partial charge >= 0.3 is 0 Å². The van der Waals surface area contributed by atoms with Crippen LogP contribution in [-0.2, 0) is 10.0 Å². The molecule has 18 heavy (non-hydrogen) atoms. The van der Waals surface area contributed by atoms with Crippen molar-refractivity contribution in [1.82, 2.24) is 4.31 Å². The van der Waals surface area contributed by atoms with Gasteiger partial charge in [0.1, 0.15) is 10.7 Å². The van der Waals surface area contributed by atoms with E-state index in [9.17, 15) is 12.8 Å². The van der Waals surface area contributed by atoms with Crippen molar-refractivity contribution in [2.75, 3.05) is 18.8 Å². The van der Waals surface area contributed by atoms with E-state index in [4.69, 9.17) is 5.73 Å². The summed E-state index contributed by atoms with van der Waals surface area (Å²) in [6.07, 6.45) is 2.83. The molecule has 0 spiro atoms. The van der Waals surface area contributed by atoms with Gasteiger partial charge in [-0.05, 0) is 12.1 Å². The van der Waals surface area contributed by atoms with E-state index >= 15 is 0 Å². The average molecular weight is 270 g/mol. The molecule has 98 valence electrons. The molecule has 1 aromatic rings. The molecule has 0 saturated carbocycles. The fourth-order valence-electron chi connectivity index (χ4n) is 1.49. The van der Waals surface area contributed by atoms with Crippen LogP contribution in [0.25, 0.3) is 0 Å². The van der Waals surface area contributed by atoms with Crippen molar-refractivity contribution in [2.45, 2.75) is 4.90 Å². The Hall–Kier alpha value is -1.66. The Morgan fingerprint density at radius 3 is 2.28 bits per heavy atom. The highest BCUT2D eigenvalue weighted by Crippen LogP contribution is 2.25. The van der Waals surface area contributed by atoms with Gasteiger partial charge in [0.15, 0.2) is 0 Å². The van der Waals surface area contributed by atoms with Gasteiger partial charge in [-0.25, -0.2) is 12.8 Å². The molecule has 0 unspecified atom stereocenters. The van der Waals surface area contributed by atoms with E-state index in [1.165, 1.54) is 24.3 Å². The van der Waals surface area contributed by atoms with Gasteiger partial charge in [0.2, 0.25) is 10.0 Å². The van der Waals surface area contributed by atoms with E-state index in [1.807, 2.05) is 0 Å². The smallest absolute Gasteiger partial charge is 0.248 e. The molecule has 0 amide bonds. The molecule has 0 radical (unpaired) electrons. The number of halogens is 1. The van der Waals surface area contributed by atoms with Crippen molar-refractivity contribution in [3.8, 4) is 0 Å². The number of hydrogen-bond acceptors (Lipinski definition) is 3. The van der Waals surface area contributed by atoms with Crippen LogP contribution in [0.5, 0.6) is 0 Å². The van der Waals surface area contributed by atoms with Crippen molar-refractivity contribution in [3.05, 3.63) is 49.3 Å². The van der Waals surface area contributed by atoms with Crippen LogP contribution in [0, 0.1) is 5.82 Å². The Morgan fingerprint density at radius 1 is 1.28 bits per heavy atom. The molecular weight excluding hydrogens is 255 g/mol.